The van der Waals surface area contributed by atoms with E-state index < -0.39 is 0 Å². The van der Waals surface area contributed by atoms with E-state index in [0.717, 1.165) is 19.6 Å². The van der Waals surface area contributed by atoms with E-state index in [2.05, 4.69) is 53.5 Å². The van der Waals surface area contributed by atoms with Crippen molar-refractivity contribution in [3.8, 4) is 0 Å². The molecule has 17 heavy (non-hydrogen) atoms. The standard InChI is InChI=1S/C13H20BrNOS/c1-13(2,3)15-8-9-4-6-16-11(9)12-10(14)5-7-17-12/h5,7,9,11,15H,4,6,8H2,1-3H3. The van der Waals surface area contributed by atoms with E-state index in [1.807, 2.05) is 0 Å². The molecule has 1 aliphatic heterocycles. The maximum atomic E-state index is 5.90. The predicted molar refractivity (Wildman–Crippen MR) is 76.6 cm³/mol. The van der Waals surface area contributed by atoms with E-state index in [4.69, 9.17) is 4.74 Å². The molecule has 0 spiro atoms. The molecule has 0 aromatic carbocycles. The Kier molecular flexibility index (Phi) is 4.29. The molecule has 4 heteroatoms. The van der Waals surface area contributed by atoms with E-state index in [0.29, 0.717) is 5.92 Å². The van der Waals surface area contributed by atoms with Crippen molar-refractivity contribution in [2.75, 3.05) is 13.2 Å². The zero-order chi connectivity index (χ0) is 12.5. The first-order chi connectivity index (χ1) is 7.97. The fourth-order valence-corrected chi connectivity index (χ4v) is 3.82. The Morgan fingerprint density at radius 1 is 1.53 bits per heavy atom. The van der Waals surface area contributed by atoms with Gasteiger partial charge in [0, 0.05) is 34.0 Å². The second-order valence-corrected chi connectivity index (χ2v) is 7.41. The van der Waals surface area contributed by atoms with Crippen molar-refractivity contribution >= 4 is 27.3 Å². The minimum absolute atomic E-state index is 0.180. The molecule has 1 fully saturated rings. The Hall–Kier alpha value is 0.100. The zero-order valence-electron chi connectivity index (χ0n) is 10.6. The minimum atomic E-state index is 0.180. The SMILES string of the molecule is CC(C)(C)NCC1CCOC1c1sccc1Br. The molecule has 96 valence electrons. The fourth-order valence-electron chi connectivity index (χ4n) is 2.08. The van der Waals surface area contributed by atoms with Gasteiger partial charge in [-0.1, -0.05) is 0 Å². The molecule has 0 radical (unpaired) electrons. The summed E-state index contributed by atoms with van der Waals surface area (Å²) in [7, 11) is 0. The summed E-state index contributed by atoms with van der Waals surface area (Å²) in [6.45, 7) is 8.53. The molecule has 1 aromatic rings. The number of ether oxygens (including phenoxy) is 1. The van der Waals surface area contributed by atoms with Crippen LogP contribution in [0.4, 0.5) is 0 Å². The second-order valence-electron chi connectivity index (χ2n) is 5.60. The van der Waals surface area contributed by atoms with Gasteiger partial charge in [-0.3, -0.25) is 0 Å². The second kappa shape index (κ2) is 5.39. The van der Waals surface area contributed by atoms with Crippen LogP contribution in [-0.2, 0) is 4.74 Å². The summed E-state index contributed by atoms with van der Waals surface area (Å²) in [5.41, 5.74) is 0.180. The third-order valence-corrected chi connectivity index (χ3v) is 4.94. The van der Waals surface area contributed by atoms with Gasteiger partial charge in [0.2, 0.25) is 0 Å². The molecule has 1 aliphatic rings. The van der Waals surface area contributed by atoms with Crippen LogP contribution in [0, 0.1) is 5.92 Å². The number of hydrogen-bond donors (Lipinski definition) is 1. The largest absolute Gasteiger partial charge is 0.372 e. The highest BCUT2D eigenvalue weighted by atomic mass is 79.9. The molecule has 0 bridgehead atoms. The number of rotatable bonds is 3. The third-order valence-electron chi connectivity index (χ3n) is 3.01. The lowest BCUT2D eigenvalue weighted by atomic mass is 9.98. The van der Waals surface area contributed by atoms with Crippen molar-refractivity contribution in [2.45, 2.75) is 38.8 Å². The van der Waals surface area contributed by atoms with E-state index in [1.165, 1.54) is 9.35 Å². The number of hydrogen-bond acceptors (Lipinski definition) is 3. The lowest BCUT2D eigenvalue weighted by Crippen LogP contribution is -2.39. The van der Waals surface area contributed by atoms with Crippen LogP contribution in [0.25, 0.3) is 0 Å². The number of nitrogens with one attached hydrogen (secondary N) is 1. The average Bonchev–Trinajstić information content (AvgIpc) is 2.81. The Balaban J connectivity index is 2.01. The van der Waals surface area contributed by atoms with E-state index >= 15 is 0 Å². The van der Waals surface area contributed by atoms with Gasteiger partial charge in [0.05, 0.1) is 6.10 Å². The molecule has 2 rings (SSSR count). The van der Waals surface area contributed by atoms with Crippen molar-refractivity contribution in [1.82, 2.24) is 5.32 Å². The van der Waals surface area contributed by atoms with E-state index in [-0.39, 0.29) is 11.6 Å². The van der Waals surface area contributed by atoms with Gasteiger partial charge in [0.15, 0.2) is 0 Å². The molecule has 0 amide bonds. The smallest absolute Gasteiger partial charge is 0.0969 e. The van der Waals surface area contributed by atoms with Gasteiger partial charge in [-0.2, -0.15) is 0 Å². The summed E-state index contributed by atoms with van der Waals surface area (Å²) in [4.78, 5) is 1.34. The topological polar surface area (TPSA) is 21.3 Å². The molecule has 1 aromatic heterocycles. The van der Waals surface area contributed by atoms with Crippen molar-refractivity contribution in [3.63, 3.8) is 0 Å². The lowest BCUT2D eigenvalue weighted by Gasteiger charge is -2.25. The van der Waals surface area contributed by atoms with E-state index in [9.17, 15) is 0 Å². The average molecular weight is 318 g/mol. The van der Waals surface area contributed by atoms with Gasteiger partial charge >= 0.3 is 0 Å². The fraction of sp³-hybridized carbons (Fsp3) is 0.692. The molecule has 0 saturated carbocycles. The van der Waals surface area contributed by atoms with Crippen LogP contribution in [0.2, 0.25) is 0 Å². The van der Waals surface area contributed by atoms with Gasteiger partial charge in [0.25, 0.3) is 0 Å². The minimum Gasteiger partial charge on any atom is -0.372 e. The molecular weight excluding hydrogens is 298 g/mol. The zero-order valence-corrected chi connectivity index (χ0v) is 13.0. The van der Waals surface area contributed by atoms with Crippen LogP contribution in [0.3, 0.4) is 0 Å². The van der Waals surface area contributed by atoms with Crippen molar-refractivity contribution in [3.05, 3.63) is 20.8 Å². The maximum Gasteiger partial charge on any atom is 0.0969 e. The summed E-state index contributed by atoms with van der Waals surface area (Å²) in [6.07, 6.45) is 1.41. The highest BCUT2D eigenvalue weighted by Gasteiger charge is 2.32. The lowest BCUT2D eigenvalue weighted by molar-refractivity contribution is 0.0913. The number of thiophene rings is 1. The van der Waals surface area contributed by atoms with Crippen LogP contribution in [0.15, 0.2) is 15.9 Å². The summed E-state index contributed by atoms with van der Waals surface area (Å²) in [5, 5.41) is 5.70. The monoisotopic (exact) mass is 317 g/mol. The Bertz CT molecular complexity index is 372. The first kappa shape index (κ1) is 13.5. The van der Waals surface area contributed by atoms with Gasteiger partial charge in [-0.05, 0) is 54.6 Å². The van der Waals surface area contributed by atoms with Crippen molar-refractivity contribution in [2.24, 2.45) is 5.92 Å². The van der Waals surface area contributed by atoms with Crippen molar-refractivity contribution in [1.29, 1.82) is 0 Å². The first-order valence-corrected chi connectivity index (χ1v) is 7.74. The van der Waals surface area contributed by atoms with Crippen LogP contribution in [0.1, 0.15) is 38.2 Å². The van der Waals surface area contributed by atoms with Crippen LogP contribution in [0.5, 0.6) is 0 Å². The van der Waals surface area contributed by atoms with Gasteiger partial charge in [-0.15, -0.1) is 11.3 Å². The molecule has 1 saturated heterocycles. The summed E-state index contributed by atoms with van der Waals surface area (Å²) >= 11 is 5.39. The Morgan fingerprint density at radius 2 is 2.29 bits per heavy atom. The molecule has 2 atom stereocenters. The molecule has 2 heterocycles. The van der Waals surface area contributed by atoms with Crippen LogP contribution < -0.4 is 5.32 Å². The Labute approximate surface area is 116 Å². The van der Waals surface area contributed by atoms with Gasteiger partial charge in [0.1, 0.15) is 0 Å². The maximum absolute atomic E-state index is 5.90. The summed E-state index contributed by atoms with van der Waals surface area (Å²) < 4.78 is 7.09. The van der Waals surface area contributed by atoms with Gasteiger partial charge in [-0.25, -0.2) is 0 Å². The van der Waals surface area contributed by atoms with Crippen molar-refractivity contribution < 1.29 is 4.74 Å². The molecule has 0 aliphatic carbocycles. The van der Waals surface area contributed by atoms with Gasteiger partial charge < -0.3 is 10.1 Å². The Morgan fingerprint density at radius 3 is 2.88 bits per heavy atom. The molecule has 1 N–H and O–H groups in total. The molecular formula is C13H20BrNOS. The first-order valence-electron chi connectivity index (χ1n) is 6.07. The highest BCUT2D eigenvalue weighted by molar-refractivity contribution is 9.10. The number of halogens is 1. The molecule has 2 unspecified atom stereocenters. The third kappa shape index (κ3) is 3.53. The predicted octanol–water partition coefficient (Wildman–Crippen LogP) is 3.98. The normalized spacial score (nSPS) is 25.4. The quantitative estimate of drug-likeness (QED) is 0.910. The molecule has 2 nitrogen and oxygen atoms in total. The highest BCUT2D eigenvalue weighted by Crippen LogP contribution is 2.40. The summed E-state index contributed by atoms with van der Waals surface area (Å²) in [5.74, 6) is 0.587. The summed E-state index contributed by atoms with van der Waals surface area (Å²) in [6, 6.07) is 2.11. The van der Waals surface area contributed by atoms with Crippen LogP contribution in [-0.4, -0.2) is 18.7 Å². The van der Waals surface area contributed by atoms with E-state index in [1.54, 1.807) is 11.3 Å². The van der Waals surface area contributed by atoms with Crippen LogP contribution >= 0.6 is 27.3 Å².